The minimum atomic E-state index is -4.57. The van der Waals surface area contributed by atoms with Crippen molar-refractivity contribution in [3.63, 3.8) is 0 Å². The zero-order valence-corrected chi connectivity index (χ0v) is 17.8. The maximum atomic E-state index is 13.4. The average molecular weight is 486 g/mol. The number of aromatic nitrogens is 4. The molecule has 0 aliphatic heterocycles. The molecule has 1 atom stereocenters. The van der Waals surface area contributed by atoms with Crippen LogP contribution in [-0.2, 0) is 6.18 Å². The van der Waals surface area contributed by atoms with E-state index in [4.69, 9.17) is 4.74 Å². The van der Waals surface area contributed by atoms with Gasteiger partial charge in [-0.1, -0.05) is 29.4 Å². The summed E-state index contributed by atoms with van der Waals surface area (Å²) in [5.74, 6) is -0.517. The topological polar surface area (TPSA) is 131 Å². The highest BCUT2D eigenvalue weighted by molar-refractivity contribution is 6.02. The zero-order chi connectivity index (χ0) is 25.0. The van der Waals surface area contributed by atoms with Gasteiger partial charge < -0.3 is 15.2 Å². The Labute approximate surface area is 195 Å². The first kappa shape index (κ1) is 23.8. The first-order valence-electron chi connectivity index (χ1n) is 10.2. The van der Waals surface area contributed by atoms with E-state index in [1.807, 2.05) is 0 Å². The quantitative estimate of drug-likeness (QED) is 0.364. The van der Waals surface area contributed by atoms with Crippen LogP contribution in [0.25, 0.3) is 16.9 Å². The largest absolute Gasteiger partial charge is 0.475 e. The number of nitroso groups, excluding NO2 is 1. The van der Waals surface area contributed by atoms with Crippen LogP contribution in [0.5, 0.6) is 5.88 Å². The number of carbonyl (C=O) groups is 1. The fraction of sp³-hybridized carbons (Fsp3) is 0.182. The van der Waals surface area contributed by atoms with Crippen molar-refractivity contribution in [2.45, 2.75) is 12.3 Å². The summed E-state index contributed by atoms with van der Waals surface area (Å²) in [4.78, 5) is 31.1. The van der Waals surface area contributed by atoms with E-state index in [0.29, 0.717) is 5.65 Å². The van der Waals surface area contributed by atoms with Gasteiger partial charge in [-0.05, 0) is 24.3 Å². The number of aliphatic hydroxyl groups excluding tert-OH is 1. The molecule has 3 heterocycles. The van der Waals surface area contributed by atoms with Gasteiger partial charge in [0.2, 0.25) is 5.88 Å². The lowest BCUT2D eigenvalue weighted by atomic mass is 10.0. The van der Waals surface area contributed by atoms with Crippen molar-refractivity contribution in [2.75, 3.05) is 18.5 Å². The summed E-state index contributed by atoms with van der Waals surface area (Å²) in [6, 6.07) is 12.3. The van der Waals surface area contributed by atoms with Crippen LogP contribution in [0.4, 0.5) is 19.0 Å². The number of nitrogens with one attached hydrogen (secondary N) is 1. The summed E-state index contributed by atoms with van der Waals surface area (Å²) in [7, 11) is 0. The molecule has 10 nitrogen and oxygen atoms in total. The Morgan fingerprint density at radius 1 is 1.14 bits per heavy atom. The summed E-state index contributed by atoms with van der Waals surface area (Å²) in [6.07, 6.45) is -4.38. The van der Waals surface area contributed by atoms with Crippen LogP contribution in [0.1, 0.15) is 16.1 Å². The number of halogens is 3. The molecule has 0 saturated carbocycles. The van der Waals surface area contributed by atoms with Crippen molar-refractivity contribution in [1.29, 1.82) is 0 Å². The van der Waals surface area contributed by atoms with Gasteiger partial charge in [-0.25, -0.2) is 9.97 Å². The third kappa shape index (κ3) is 5.41. The van der Waals surface area contributed by atoms with Crippen molar-refractivity contribution in [3.05, 3.63) is 77.0 Å². The number of alkyl halides is 3. The first-order chi connectivity index (χ1) is 16.8. The van der Waals surface area contributed by atoms with E-state index in [9.17, 15) is 28.0 Å². The molecule has 1 unspecified atom stereocenters. The molecule has 0 saturated heterocycles. The lowest BCUT2D eigenvalue weighted by Crippen LogP contribution is -2.21. The molecule has 3 aromatic heterocycles. The van der Waals surface area contributed by atoms with Crippen molar-refractivity contribution < 1.29 is 27.8 Å². The van der Waals surface area contributed by atoms with Gasteiger partial charge in [-0.15, -0.1) is 0 Å². The Hall–Kier alpha value is -4.39. The number of pyridine rings is 1. The SMILES string of the molecule is O=NCC(O)COc1cccc(C(=O)Nc2cnc3ccc(-c4ccccc4C(F)(F)F)nn23)n1. The molecular formula is C22H17F3N6O4. The molecule has 0 radical (unpaired) electrons. The van der Waals surface area contributed by atoms with Gasteiger partial charge in [0.1, 0.15) is 24.9 Å². The smallest absolute Gasteiger partial charge is 0.417 e. The van der Waals surface area contributed by atoms with Crippen molar-refractivity contribution >= 4 is 17.4 Å². The second kappa shape index (κ2) is 9.85. The molecule has 0 fully saturated rings. The van der Waals surface area contributed by atoms with E-state index < -0.39 is 23.8 Å². The van der Waals surface area contributed by atoms with E-state index >= 15 is 0 Å². The fourth-order valence-corrected chi connectivity index (χ4v) is 3.18. The Balaban J connectivity index is 1.58. The Kier molecular flexibility index (Phi) is 6.68. The van der Waals surface area contributed by atoms with Crippen molar-refractivity contribution in [2.24, 2.45) is 5.18 Å². The van der Waals surface area contributed by atoms with Gasteiger partial charge in [-0.3, -0.25) is 4.79 Å². The number of hydrogen-bond acceptors (Lipinski definition) is 8. The summed E-state index contributed by atoms with van der Waals surface area (Å²) in [6.45, 7) is -0.597. The number of rotatable bonds is 8. The number of ether oxygens (including phenoxy) is 1. The molecule has 13 heteroatoms. The number of fused-ring (bicyclic) bond motifs is 1. The molecule has 0 bridgehead atoms. The molecule has 0 aliphatic rings. The Morgan fingerprint density at radius 2 is 1.94 bits per heavy atom. The monoisotopic (exact) mass is 486 g/mol. The lowest BCUT2D eigenvalue weighted by molar-refractivity contribution is -0.137. The van der Waals surface area contributed by atoms with Crippen LogP contribution >= 0.6 is 0 Å². The van der Waals surface area contributed by atoms with Crippen LogP contribution in [0, 0.1) is 4.91 Å². The van der Waals surface area contributed by atoms with Gasteiger partial charge in [0.15, 0.2) is 11.5 Å². The highest BCUT2D eigenvalue weighted by atomic mass is 19.4. The number of nitrogens with zero attached hydrogens (tertiary/aromatic N) is 5. The molecule has 0 spiro atoms. The minimum Gasteiger partial charge on any atom is -0.475 e. The minimum absolute atomic E-state index is 0.0323. The Bertz CT molecular complexity index is 1370. The van der Waals surface area contributed by atoms with Gasteiger partial charge >= 0.3 is 6.18 Å². The van der Waals surface area contributed by atoms with Gasteiger partial charge in [0, 0.05) is 11.6 Å². The fourth-order valence-electron chi connectivity index (χ4n) is 3.18. The maximum Gasteiger partial charge on any atom is 0.417 e. The molecule has 2 N–H and O–H groups in total. The van der Waals surface area contributed by atoms with E-state index in [1.54, 1.807) is 0 Å². The van der Waals surface area contributed by atoms with Crippen molar-refractivity contribution in [3.8, 4) is 17.1 Å². The molecule has 4 rings (SSSR count). The number of amides is 1. The molecular weight excluding hydrogens is 469 g/mol. The molecule has 35 heavy (non-hydrogen) atoms. The van der Waals surface area contributed by atoms with Gasteiger partial charge in [-0.2, -0.15) is 27.7 Å². The molecule has 180 valence electrons. The standard InChI is InChI=1S/C22H17F3N6O4/c23-22(24,25)15-5-2-1-4-14(15)16-8-9-18-26-11-19(31(18)30-16)29-21(33)17-6-3-7-20(28-17)35-12-13(32)10-27-34/h1-9,11,13,32H,10,12H2,(H,29,33). The van der Waals surface area contributed by atoms with Crippen molar-refractivity contribution in [1.82, 2.24) is 19.6 Å². The number of hydrogen-bond donors (Lipinski definition) is 2. The molecule has 4 aromatic rings. The van der Waals surface area contributed by atoms with Gasteiger partial charge in [0.25, 0.3) is 5.91 Å². The van der Waals surface area contributed by atoms with Crippen LogP contribution in [0.15, 0.2) is 66.0 Å². The lowest BCUT2D eigenvalue weighted by Gasteiger charge is -2.12. The third-order valence-corrected chi connectivity index (χ3v) is 4.78. The van der Waals surface area contributed by atoms with Crippen LogP contribution in [0.3, 0.4) is 0 Å². The summed E-state index contributed by atoms with van der Waals surface area (Å²) >= 11 is 0. The average Bonchev–Trinajstić information content (AvgIpc) is 3.24. The summed E-state index contributed by atoms with van der Waals surface area (Å²) < 4.78 is 46.8. The highest BCUT2D eigenvalue weighted by Crippen LogP contribution is 2.36. The second-order valence-corrected chi connectivity index (χ2v) is 7.27. The van der Waals surface area contributed by atoms with Gasteiger partial charge in [0.05, 0.1) is 17.5 Å². The van der Waals surface area contributed by atoms with Crippen LogP contribution in [0.2, 0.25) is 0 Å². The number of benzene rings is 1. The summed E-state index contributed by atoms with van der Waals surface area (Å²) in [5, 5.41) is 18.9. The molecule has 0 aliphatic carbocycles. The number of carbonyl (C=O) groups excluding carboxylic acids is 1. The number of anilines is 1. The van der Waals surface area contributed by atoms with E-state index in [0.717, 1.165) is 6.07 Å². The third-order valence-electron chi connectivity index (χ3n) is 4.78. The molecule has 1 amide bonds. The predicted molar refractivity (Wildman–Crippen MR) is 118 cm³/mol. The highest BCUT2D eigenvalue weighted by Gasteiger charge is 2.33. The number of imidazole rings is 1. The predicted octanol–water partition coefficient (Wildman–Crippen LogP) is 3.57. The maximum absolute atomic E-state index is 13.4. The molecule has 1 aromatic carbocycles. The van der Waals surface area contributed by atoms with Crippen LogP contribution in [-0.4, -0.2) is 49.9 Å². The summed E-state index contributed by atoms with van der Waals surface area (Å²) in [5.41, 5.74) is -0.662. The van der Waals surface area contributed by atoms with Crippen LogP contribution < -0.4 is 10.1 Å². The normalized spacial score (nSPS) is 12.3. The van der Waals surface area contributed by atoms with E-state index in [-0.39, 0.29) is 41.8 Å². The van der Waals surface area contributed by atoms with E-state index in [2.05, 4.69) is 25.6 Å². The zero-order valence-electron chi connectivity index (χ0n) is 17.8. The van der Waals surface area contributed by atoms with E-state index in [1.165, 1.54) is 59.2 Å². The Morgan fingerprint density at radius 3 is 2.71 bits per heavy atom. The number of aliphatic hydroxyl groups is 1. The second-order valence-electron chi connectivity index (χ2n) is 7.27. The first-order valence-corrected chi connectivity index (χ1v) is 10.2.